The van der Waals surface area contributed by atoms with Crippen LogP contribution >= 0.6 is 0 Å². The van der Waals surface area contributed by atoms with Crippen LogP contribution in [0.25, 0.3) is 0 Å². The zero-order valence-electron chi connectivity index (χ0n) is 14.6. The monoisotopic (exact) mass is 328 g/mol. The SMILES string of the molecule is CCOc1ccc(OC(C)C(=O)Nc2ccc(N(C)C)cc2)cc1. The van der Waals surface area contributed by atoms with Crippen LogP contribution in [-0.2, 0) is 4.79 Å². The van der Waals surface area contributed by atoms with E-state index < -0.39 is 6.10 Å². The van der Waals surface area contributed by atoms with Crippen LogP contribution in [0.3, 0.4) is 0 Å². The first-order valence-corrected chi connectivity index (χ1v) is 7.97. The molecule has 1 N–H and O–H groups in total. The van der Waals surface area contributed by atoms with Crippen molar-refractivity contribution in [3.8, 4) is 11.5 Å². The van der Waals surface area contributed by atoms with Crippen LogP contribution in [0.5, 0.6) is 11.5 Å². The second-order valence-electron chi connectivity index (χ2n) is 5.60. The number of carbonyl (C=O) groups is 1. The van der Waals surface area contributed by atoms with Gasteiger partial charge in [0.15, 0.2) is 6.10 Å². The number of anilines is 2. The largest absolute Gasteiger partial charge is 0.494 e. The fourth-order valence-electron chi connectivity index (χ4n) is 2.13. The number of hydrogen-bond acceptors (Lipinski definition) is 4. The summed E-state index contributed by atoms with van der Waals surface area (Å²) in [5.41, 5.74) is 1.82. The first-order valence-electron chi connectivity index (χ1n) is 7.97. The predicted molar refractivity (Wildman–Crippen MR) is 97.1 cm³/mol. The highest BCUT2D eigenvalue weighted by Crippen LogP contribution is 2.20. The molecule has 0 aromatic heterocycles. The molecule has 0 heterocycles. The molecule has 0 bridgehead atoms. The summed E-state index contributed by atoms with van der Waals surface area (Å²) in [7, 11) is 3.95. The third-order valence-electron chi connectivity index (χ3n) is 3.47. The topological polar surface area (TPSA) is 50.8 Å². The van der Waals surface area contributed by atoms with Gasteiger partial charge in [0, 0.05) is 25.5 Å². The van der Waals surface area contributed by atoms with Gasteiger partial charge in [0.2, 0.25) is 0 Å². The quantitative estimate of drug-likeness (QED) is 0.844. The van der Waals surface area contributed by atoms with E-state index in [1.807, 2.05) is 62.3 Å². The number of benzene rings is 2. The van der Waals surface area contributed by atoms with Gasteiger partial charge in [-0.2, -0.15) is 0 Å². The van der Waals surface area contributed by atoms with Crippen LogP contribution < -0.4 is 19.7 Å². The van der Waals surface area contributed by atoms with Gasteiger partial charge < -0.3 is 19.7 Å². The summed E-state index contributed by atoms with van der Waals surface area (Å²) >= 11 is 0. The van der Waals surface area contributed by atoms with Gasteiger partial charge in [-0.15, -0.1) is 0 Å². The van der Waals surface area contributed by atoms with E-state index in [9.17, 15) is 4.79 Å². The molecule has 5 heteroatoms. The Balaban J connectivity index is 1.91. The summed E-state index contributed by atoms with van der Waals surface area (Å²) in [6.07, 6.45) is -0.600. The van der Waals surface area contributed by atoms with Crippen molar-refractivity contribution in [2.75, 3.05) is 30.9 Å². The fourth-order valence-corrected chi connectivity index (χ4v) is 2.13. The van der Waals surface area contributed by atoms with Crippen LogP contribution in [0, 0.1) is 0 Å². The third kappa shape index (κ3) is 4.91. The second-order valence-corrected chi connectivity index (χ2v) is 5.60. The average molecular weight is 328 g/mol. The molecule has 0 fully saturated rings. The minimum absolute atomic E-state index is 0.193. The molecule has 128 valence electrons. The predicted octanol–water partition coefficient (Wildman–Crippen LogP) is 3.56. The van der Waals surface area contributed by atoms with E-state index in [1.54, 1.807) is 19.1 Å². The summed E-state index contributed by atoms with van der Waals surface area (Å²) < 4.78 is 11.0. The standard InChI is InChI=1S/C19H24N2O3/c1-5-23-17-10-12-18(13-11-17)24-14(2)19(22)20-15-6-8-16(9-7-15)21(3)4/h6-14H,5H2,1-4H3,(H,20,22). The van der Waals surface area contributed by atoms with Crippen molar-refractivity contribution in [3.05, 3.63) is 48.5 Å². The lowest BCUT2D eigenvalue weighted by Gasteiger charge is -2.16. The van der Waals surface area contributed by atoms with Gasteiger partial charge in [0.25, 0.3) is 5.91 Å². The Morgan fingerprint density at radius 3 is 2.17 bits per heavy atom. The van der Waals surface area contributed by atoms with E-state index in [0.717, 1.165) is 17.1 Å². The van der Waals surface area contributed by atoms with Crippen LogP contribution in [0.15, 0.2) is 48.5 Å². The highest BCUT2D eigenvalue weighted by Gasteiger charge is 2.15. The minimum Gasteiger partial charge on any atom is -0.494 e. The van der Waals surface area contributed by atoms with Crippen molar-refractivity contribution in [1.82, 2.24) is 0 Å². The molecule has 1 atom stereocenters. The van der Waals surface area contributed by atoms with Crippen LogP contribution in [0.1, 0.15) is 13.8 Å². The molecule has 0 radical (unpaired) electrons. The van der Waals surface area contributed by atoms with Crippen molar-refractivity contribution in [3.63, 3.8) is 0 Å². The highest BCUT2D eigenvalue weighted by molar-refractivity contribution is 5.94. The van der Waals surface area contributed by atoms with Gasteiger partial charge in [0.1, 0.15) is 11.5 Å². The Hall–Kier alpha value is -2.69. The van der Waals surface area contributed by atoms with E-state index in [-0.39, 0.29) is 5.91 Å². The molecule has 0 aliphatic carbocycles. The van der Waals surface area contributed by atoms with Crippen molar-refractivity contribution in [2.45, 2.75) is 20.0 Å². The molecular formula is C19H24N2O3. The maximum Gasteiger partial charge on any atom is 0.265 e. The van der Waals surface area contributed by atoms with Gasteiger partial charge in [-0.25, -0.2) is 0 Å². The Morgan fingerprint density at radius 1 is 1.04 bits per heavy atom. The first kappa shape index (κ1) is 17.7. The van der Waals surface area contributed by atoms with Crippen LogP contribution in [0.2, 0.25) is 0 Å². The minimum atomic E-state index is -0.600. The summed E-state index contributed by atoms with van der Waals surface area (Å²) in [5, 5.41) is 2.85. The zero-order chi connectivity index (χ0) is 17.5. The third-order valence-corrected chi connectivity index (χ3v) is 3.47. The molecule has 24 heavy (non-hydrogen) atoms. The number of carbonyl (C=O) groups excluding carboxylic acids is 1. The van der Waals surface area contributed by atoms with E-state index in [4.69, 9.17) is 9.47 Å². The molecule has 5 nitrogen and oxygen atoms in total. The molecule has 0 saturated carbocycles. The summed E-state index contributed by atoms with van der Waals surface area (Å²) in [5.74, 6) is 1.22. The van der Waals surface area contributed by atoms with Gasteiger partial charge >= 0.3 is 0 Å². The molecule has 0 aliphatic rings. The number of nitrogens with zero attached hydrogens (tertiary/aromatic N) is 1. The maximum absolute atomic E-state index is 12.2. The van der Waals surface area contributed by atoms with Crippen molar-refractivity contribution in [1.29, 1.82) is 0 Å². The summed E-state index contributed by atoms with van der Waals surface area (Å²) in [6.45, 7) is 4.27. The smallest absolute Gasteiger partial charge is 0.265 e. The van der Waals surface area contributed by atoms with Crippen LogP contribution in [0.4, 0.5) is 11.4 Å². The molecule has 0 spiro atoms. The lowest BCUT2D eigenvalue weighted by molar-refractivity contribution is -0.122. The number of ether oxygens (including phenoxy) is 2. The molecular weight excluding hydrogens is 304 g/mol. The van der Waals surface area contributed by atoms with Gasteiger partial charge in [0.05, 0.1) is 6.61 Å². The van der Waals surface area contributed by atoms with Gasteiger partial charge in [-0.3, -0.25) is 4.79 Å². The Morgan fingerprint density at radius 2 is 1.62 bits per heavy atom. The summed E-state index contributed by atoms with van der Waals surface area (Å²) in [6, 6.07) is 14.9. The normalized spacial score (nSPS) is 11.5. The Bertz CT molecular complexity index is 651. The second kappa shape index (κ2) is 8.24. The van der Waals surface area contributed by atoms with Crippen molar-refractivity contribution < 1.29 is 14.3 Å². The first-order chi connectivity index (χ1) is 11.5. The Labute approximate surface area is 143 Å². The number of amides is 1. The maximum atomic E-state index is 12.2. The Kier molecular flexibility index (Phi) is 6.07. The molecule has 1 amide bonds. The van der Waals surface area contributed by atoms with Crippen LogP contribution in [-0.4, -0.2) is 32.7 Å². The van der Waals surface area contributed by atoms with E-state index in [0.29, 0.717) is 12.4 Å². The number of nitrogens with one attached hydrogen (secondary N) is 1. The van der Waals surface area contributed by atoms with E-state index in [2.05, 4.69) is 5.32 Å². The van der Waals surface area contributed by atoms with Crippen molar-refractivity contribution >= 4 is 17.3 Å². The molecule has 1 unspecified atom stereocenters. The molecule has 0 saturated heterocycles. The van der Waals surface area contributed by atoms with E-state index >= 15 is 0 Å². The summed E-state index contributed by atoms with van der Waals surface area (Å²) in [4.78, 5) is 14.2. The fraction of sp³-hybridized carbons (Fsp3) is 0.316. The number of rotatable bonds is 7. The van der Waals surface area contributed by atoms with Gasteiger partial charge in [-0.1, -0.05) is 0 Å². The molecule has 2 rings (SSSR count). The van der Waals surface area contributed by atoms with Gasteiger partial charge in [-0.05, 0) is 62.4 Å². The van der Waals surface area contributed by atoms with E-state index in [1.165, 1.54) is 0 Å². The average Bonchev–Trinajstić information content (AvgIpc) is 2.57. The lowest BCUT2D eigenvalue weighted by atomic mass is 10.2. The molecule has 0 aliphatic heterocycles. The highest BCUT2D eigenvalue weighted by atomic mass is 16.5. The molecule has 2 aromatic carbocycles. The zero-order valence-corrected chi connectivity index (χ0v) is 14.6. The lowest BCUT2D eigenvalue weighted by Crippen LogP contribution is -2.30. The number of hydrogen-bond donors (Lipinski definition) is 1. The van der Waals surface area contributed by atoms with Crippen molar-refractivity contribution in [2.24, 2.45) is 0 Å². The molecule has 2 aromatic rings.